The summed E-state index contributed by atoms with van der Waals surface area (Å²) in [5, 5.41) is 12.6. The minimum Gasteiger partial charge on any atom is -0.545 e. The molecule has 0 aliphatic heterocycles. The van der Waals surface area contributed by atoms with Crippen molar-refractivity contribution in [3.8, 4) is 5.75 Å². The zero-order valence-corrected chi connectivity index (χ0v) is 9.30. The molecule has 0 unspecified atom stereocenters. The van der Waals surface area contributed by atoms with E-state index in [-0.39, 0.29) is 6.54 Å². The minimum atomic E-state index is -1.41. The van der Waals surface area contributed by atoms with Crippen molar-refractivity contribution in [1.82, 2.24) is 5.32 Å². The van der Waals surface area contributed by atoms with Crippen LogP contribution in [-0.2, 0) is 16.1 Å². The van der Waals surface area contributed by atoms with Crippen LogP contribution in [-0.4, -0.2) is 19.0 Å². The van der Waals surface area contributed by atoms with Gasteiger partial charge in [0.2, 0.25) is 5.91 Å². The Labute approximate surface area is 98.7 Å². The van der Waals surface area contributed by atoms with Gasteiger partial charge >= 0.3 is 0 Å². The first kappa shape index (κ1) is 12.8. The van der Waals surface area contributed by atoms with Crippen LogP contribution in [0.4, 0.5) is 0 Å². The number of amides is 1. The molecule has 90 valence electrons. The van der Waals surface area contributed by atoms with Crippen molar-refractivity contribution in [1.29, 1.82) is 0 Å². The monoisotopic (exact) mass is 234 g/mol. The fourth-order valence-corrected chi connectivity index (χ4v) is 1.23. The van der Waals surface area contributed by atoms with Crippen LogP contribution in [0.2, 0.25) is 0 Å². The molecule has 1 aromatic rings. The summed E-state index contributed by atoms with van der Waals surface area (Å²) < 4.78 is 5.10. The van der Waals surface area contributed by atoms with E-state index >= 15 is 0 Å². The molecule has 0 aromatic heterocycles. The predicted octanol–water partition coefficient (Wildman–Crippen LogP) is -0.383. The molecule has 1 amide bonds. The van der Waals surface area contributed by atoms with Crippen LogP contribution in [0.15, 0.2) is 36.4 Å². The van der Waals surface area contributed by atoms with E-state index in [4.69, 9.17) is 4.74 Å². The van der Waals surface area contributed by atoms with Crippen molar-refractivity contribution in [2.45, 2.75) is 6.54 Å². The number of carboxylic acid groups (broad SMARTS) is 1. The van der Waals surface area contributed by atoms with E-state index in [1.807, 2.05) is 18.2 Å². The molecule has 0 radical (unpaired) electrons. The molecule has 5 nitrogen and oxygen atoms in total. The Kier molecular flexibility index (Phi) is 4.75. The number of carbonyl (C=O) groups is 2. The number of ether oxygens (including phenoxy) is 1. The third-order valence-electron chi connectivity index (χ3n) is 2.02. The Morgan fingerprint density at radius 3 is 2.71 bits per heavy atom. The van der Waals surface area contributed by atoms with Gasteiger partial charge in [0.1, 0.15) is 5.75 Å². The van der Waals surface area contributed by atoms with E-state index in [0.717, 1.165) is 11.6 Å². The standard InChI is InChI=1S/C12H13NO4/c1-17-10-5-3-2-4-9(10)8-13-11(14)6-7-12(15)16/h2-7H,8H2,1H3,(H,13,14)(H,15,16)/p-1/b7-6+. The first-order valence-electron chi connectivity index (χ1n) is 4.92. The molecule has 1 rings (SSSR count). The Bertz CT molecular complexity index is 440. The summed E-state index contributed by atoms with van der Waals surface area (Å²) in [6, 6.07) is 7.22. The number of hydrogen-bond acceptors (Lipinski definition) is 4. The molecular weight excluding hydrogens is 222 g/mol. The number of carbonyl (C=O) groups excluding carboxylic acids is 2. The smallest absolute Gasteiger partial charge is 0.244 e. The van der Waals surface area contributed by atoms with Gasteiger partial charge in [-0.05, 0) is 12.1 Å². The van der Waals surface area contributed by atoms with Gasteiger partial charge in [0, 0.05) is 18.2 Å². The SMILES string of the molecule is COc1ccccc1CNC(=O)/C=C/C(=O)[O-]. The molecule has 0 bridgehead atoms. The first-order valence-corrected chi connectivity index (χ1v) is 4.92. The van der Waals surface area contributed by atoms with Gasteiger partial charge in [0.25, 0.3) is 0 Å². The molecule has 1 aromatic carbocycles. The van der Waals surface area contributed by atoms with Crippen molar-refractivity contribution in [3.05, 3.63) is 42.0 Å². The minimum absolute atomic E-state index is 0.264. The average Bonchev–Trinajstić information content (AvgIpc) is 2.34. The van der Waals surface area contributed by atoms with Crippen LogP contribution < -0.4 is 15.2 Å². The largest absolute Gasteiger partial charge is 0.545 e. The number of hydrogen-bond donors (Lipinski definition) is 1. The van der Waals surface area contributed by atoms with Crippen molar-refractivity contribution < 1.29 is 19.4 Å². The van der Waals surface area contributed by atoms with Crippen LogP contribution in [0.5, 0.6) is 5.75 Å². The number of para-hydroxylation sites is 1. The quantitative estimate of drug-likeness (QED) is 0.704. The lowest BCUT2D eigenvalue weighted by molar-refractivity contribution is -0.297. The highest BCUT2D eigenvalue weighted by Gasteiger charge is 2.02. The zero-order valence-electron chi connectivity index (χ0n) is 9.30. The van der Waals surface area contributed by atoms with Crippen LogP contribution in [0.1, 0.15) is 5.56 Å². The number of carboxylic acids is 1. The fourth-order valence-electron chi connectivity index (χ4n) is 1.23. The van der Waals surface area contributed by atoms with Crippen LogP contribution in [0, 0.1) is 0 Å². The Hall–Kier alpha value is -2.30. The zero-order chi connectivity index (χ0) is 12.7. The van der Waals surface area contributed by atoms with E-state index in [2.05, 4.69) is 5.32 Å². The summed E-state index contributed by atoms with van der Waals surface area (Å²) in [6.07, 6.45) is 1.59. The van der Waals surface area contributed by atoms with Crippen molar-refractivity contribution in [2.75, 3.05) is 7.11 Å². The number of methoxy groups -OCH3 is 1. The van der Waals surface area contributed by atoms with E-state index in [9.17, 15) is 14.7 Å². The second kappa shape index (κ2) is 6.32. The molecule has 17 heavy (non-hydrogen) atoms. The summed E-state index contributed by atoms with van der Waals surface area (Å²) in [6.45, 7) is 0.264. The van der Waals surface area contributed by atoms with Crippen LogP contribution in [0.25, 0.3) is 0 Å². The van der Waals surface area contributed by atoms with Crippen LogP contribution in [0.3, 0.4) is 0 Å². The molecule has 5 heteroatoms. The van der Waals surface area contributed by atoms with Crippen LogP contribution >= 0.6 is 0 Å². The predicted molar refractivity (Wildman–Crippen MR) is 59.0 cm³/mol. The molecular formula is C12H12NO4-. The Morgan fingerprint density at radius 1 is 1.35 bits per heavy atom. The lowest BCUT2D eigenvalue weighted by atomic mass is 10.2. The average molecular weight is 234 g/mol. The lowest BCUT2D eigenvalue weighted by Crippen LogP contribution is -2.23. The maximum Gasteiger partial charge on any atom is 0.244 e. The number of aliphatic carboxylic acids is 1. The van der Waals surface area contributed by atoms with E-state index < -0.39 is 11.9 Å². The molecule has 0 saturated heterocycles. The molecule has 0 heterocycles. The highest BCUT2D eigenvalue weighted by atomic mass is 16.5. The van der Waals surface area contributed by atoms with Gasteiger partial charge in [-0.1, -0.05) is 18.2 Å². The van der Waals surface area contributed by atoms with E-state index in [1.165, 1.54) is 7.11 Å². The van der Waals surface area contributed by atoms with Gasteiger partial charge in [-0.3, -0.25) is 4.79 Å². The van der Waals surface area contributed by atoms with E-state index in [0.29, 0.717) is 11.8 Å². The Balaban J connectivity index is 2.55. The van der Waals surface area contributed by atoms with Crippen molar-refractivity contribution in [3.63, 3.8) is 0 Å². The first-order chi connectivity index (χ1) is 8.13. The molecule has 1 N–H and O–H groups in total. The highest BCUT2D eigenvalue weighted by molar-refractivity contribution is 5.93. The summed E-state index contributed by atoms with van der Waals surface area (Å²) in [4.78, 5) is 21.3. The second-order valence-corrected chi connectivity index (χ2v) is 3.18. The topological polar surface area (TPSA) is 78.5 Å². The fraction of sp³-hybridized carbons (Fsp3) is 0.167. The van der Waals surface area contributed by atoms with Gasteiger partial charge in [-0.25, -0.2) is 0 Å². The molecule has 0 fully saturated rings. The summed E-state index contributed by atoms with van der Waals surface area (Å²) >= 11 is 0. The summed E-state index contributed by atoms with van der Waals surface area (Å²) in [5.74, 6) is -1.24. The highest BCUT2D eigenvalue weighted by Crippen LogP contribution is 2.16. The van der Waals surface area contributed by atoms with Gasteiger partial charge in [0.05, 0.1) is 13.1 Å². The maximum absolute atomic E-state index is 11.2. The third-order valence-corrected chi connectivity index (χ3v) is 2.02. The molecule has 0 saturated carbocycles. The van der Waals surface area contributed by atoms with Gasteiger partial charge < -0.3 is 20.0 Å². The lowest BCUT2D eigenvalue weighted by Gasteiger charge is -2.08. The van der Waals surface area contributed by atoms with E-state index in [1.54, 1.807) is 6.07 Å². The van der Waals surface area contributed by atoms with Gasteiger partial charge in [-0.15, -0.1) is 0 Å². The molecule has 0 spiro atoms. The number of benzene rings is 1. The summed E-state index contributed by atoms with van der Waals surface area (Å²) in [5.41, 5.74) is 0.810. The Morgan fingerprint density at radius 2 is 2.06 bits per heavy atom. The summed E-state index contributed by atoms with van der Waals surface area (Å²) in [7, 11) is 1.54. The second-order valence-electron chi connectivity index (χ2n) is 3.18. The van der Waals surface area contributed by atoms with Crippen molar-refractivity contribution >= 4 is 11.9 Å². The molecule has 0 aliphatic rings. The molecule has 0 aliphatic carbocycles. The van der Waals surface area contributed by atoms with Crippen molar-refractivity contribution in [2.24, 2.45) is 0 Å². The van der Waals surface area contributed by atoms with Gasteiger partial charge in [-0.2, -0.15) is 0 Å². The number of nitrogens with one attached hydrogen (secondary N) is 1. The molecule has 0 atom stereocenters. The maximum atomic E-state index is 11.2. The normalized spacial score (nSPS) is 10.2. The van der Waals surface area contributed by atoms with Gasteiger partial charge in [0.15, 0.2) is 0 Å². The third kappa shape index (κ3) is 4.38. The number of rotatable bonds is 5.